The van der Waals surface area contributed by atoms with Gasteiger partial charge in [0.15, 0.2) is 5.78 Å². The van der Waals surface area contributed by atoms with Crippen LogP contribution in [0, 0.1) is 0 Å². The van der Waals surface area contributed by atoms with Crippen LogP contribution in [0.3, 0.4) is 0 Å². The van der Waals surface area contributed by atoms with Crippen molar-refractivity contribution in [1.29, 1.82) is 0 Å². The van der Waals surface area contributed by atoms with E-state index < -0.39 is 17.2 Å². The van der Waals surface area contributed by atoms with E-state index in [0.717, 1.165) is 10.1 Å². The molecular weight excluding hydrogens is 442 g/mol. The van der Waals surface area contributed by atoms with Crippen LogP contribution in [0.2, 0.25) is 5.02 Å². The predicted octanol–water partition coefficient (Wildman–Crippen LogP) is 3.71. The molecule has 1 aromatic heterocycles. The summed E-state index contributed by atoms with van der Waals surface area (Å²) in [7, 11) is 0. The van der Waals surface area contributed by atoms with Gasteiger partial charge in [-0.3, -0.25) is 23.5 Å². The molecule has 0 atom stereocenters. The maximum Gasteiger partial charge on any atom is 0.332 e. The van der Waals surface area contributed by atoms with Crippen LogP contribution in [0.5, 0.6) is 0 Å². The highest BCUT2D eigenvalue weighted by Crippen LogP contribution is 2.13. The highest BCUT2D eigenvalue weighted by atomic mass is 35.5. The lowest BCUT2D eigenvalue weighted by molar-refractivity contribution is -0.116. The Morgan fingerprint density at radius 2 is 1.55 bits per heavy atom. The van der Waals surface area contributed by atoms with Crippen molar-refractivity contribution in [3.63, 3.8) is 0 Å². The van der Waals surface area contributed by atoms with Crippen molar-refractivity contribution in [1.82, 2.24) is 9.13 Å². The van der Waals surface area contributed by atoms with Crippen molar-refractivity contribution in [3.05, 3.63) is 110 Å². The third-order valence-electron chi connectivity index (χ3n) is 5.26. The molecule has 0 saturated heterocycles. The third kappa shape index (κ3) is 4.78. The van der Waals surface area contributed by atoms with Gasteiger partial charge in [-0.25, -0.2) is 4.79 Å². The molecule has 166 valence electrons. The fraction of sp³-hybridized carbons (Fsp3) is 0.120. The molecule has 0 saturated carbocycles. The zero-order valence-corrected chi connectivity index (χ0v) is 18.5. The quantitative estimate of drug-likeness (QED) is 0.443. The molecule has 3 aromatic carbocycles. The van der Waals surface area contributed by atoms with Gasteiger partial charge < -0.3 is 5.32 Å². The molecule has 8 heteroatoms. The summed E-state index contributed by atoms with van der Waals surface area (Å²) in [4.78, 5) is 50.5. The van der Waals surface area contributed by atoms with E-state index in [1.807, 2.05) is 0 Å². The minimum absolute atomic E-state index is 0.0494. The van der Waals surface area contributed by atoms with Gasteiger partial charge in [-0.05, 0) is 61.0 Å². The van der Waals surface area contributed by atoms with Gasteiger partial charge in [-0.1, -0.05) is 35.9 Å². The Kier molecular flexibility index (Phi) is 6.24. The second-order valence-corrected chi connectivity index (χ2v) is 8.02. The monoisotopic (exact) mass is 461 g/mol. The van der Waals surface area contributed by atoms with Gasteiger partial charge in [-0.15, -0.1) is 0 Å². The number of Topliss-reactive ketones (excluding diaryl/α,β-unsaturated/α-hetero) is 1. The molecular formula is C25H20ClN3O4. The highest BCUT2D eigenvalue weighted by Gasteiger charge is 2.16. The molecule has 0 aliphatic heterocycles. The molecule has 1 heterocycles. The molecule has 4 aromatic rings. The van der Waals surface area contributed by atoms with Crippen LogP contribution in [-0.4, -0.2) is 20.8 Å². The average Bonchev–Trinajstić information content (AvgIpc) is 2.81. The van der Waals surface area contributed by atoms with E-state index in [0.29, 0.717) is 27.2 Å². The standard InChI is InChI=1S/C25H20ClN3O4/c1-16(30)18-8-12-20(13-9-18)27-23(31)15-28-22-5-3-2-4-21(22)24(32)29(25(28)33)14-17-6-10-19(26)11-7-17/h2-13H,14-15H2,1H3,(H,27,31). The maximum atomic E-state index is 13.3. The van der Waals surface area contributed by atoms with E-state index >= 15 is 0 Å². The topological polar surface area (TPSA) is 90.2 Å². The fourth-order valence-electron chi connectivity index (χ4n) is 3.57. The molecule has 0 aliphatic carbocycles. The van der Waals surface area contributed by atoms with Gasteiger partial charge in [0.2, 0.25) is 5.91 Å². The smallest absolute Gasteiger partial charge is 0.325 e. The van der Waals surface area contributed by atoms with Crippen LogP contribution < -0.4 is 16.6 Å². The van der Waals surface area contributed by atoms with Crippen molar-refractivity contribution in [2.45, 2.75) is 20.0 Å². The Balaban J connectivity index is 1.69. The normalized spacial score (nSPS) is 10.8. The Morgan fingerprint density at radius 3 is 2.21 bits per heavy atom. The number of nitrogens with zero attached hydrogens (tertiary/aromatic N) is 2. The number of amides is 1. The number of halogens is 1. The summed E-state index contributed by atoms with van der Waals surface area (Å²) in [6, 6.07) is 20.0. The first-order chi connectivity index (χ1) is 15.8. The summed E-state index contributed by atoms with van der Waals surface area (Å²) in [5.41, 5.74) is 1.12. The van der Waals surface area contributed by atoms with Crippen molar-refractivity contribution >= 4 is 39.9 Å². The SMILES string of the molecule is CC(=O)c1ccc(NC(=O)Cn2c(=O)n(Cc3ccc(Cl)cc3)c(=O)c3ccccc32)cc1. The molecule has 1 amide bonds. The van der Waals surface area contributed by atoms with E-state index in [1.54, 1.807) is 72.8 Å². The number of aromatic nitrogens is 2. The summed E-state index contributed by atoms with van der Waals surface area (Å²) in [6.07, 6.45) is 0. The van der Waals surface area contributed by atoms with E-state index in [1.165, 1.54) is 11.5 Å². The lowest BCUT2D eigenvalue weighted by Gasteiger charge is -2.14. The van der Waals surface area contributed by atoms with Gasteiger partial charge in [0.05, 0.1) is 17.4 Å². The Bertz CT molecular complexity index is 1470. The summed E-state index contributed by atoms with van der Waals surface area (Å²) >= 11 is 5.93. The molecule has 0 radical (unpaired) electrons. The number of ketones is 1. The number of carbonyl (C=O) groups is 2. The van der Waals surface area contributed by atoms with Crippen molar-refractivity contribution < 1.29 is 9.59 Å². The summed E-state index contributed by atoms with van der Waals surface area (Å²) in [5.74, 6) is -0.511. The van der Waals surface area contributed by atoms with Crippen molar-refractivity contribution in [2.24, 2.45) is 0 Å². The number of nitrogens with one attached hydrogen (secondary N) is 1. The van der Waals surface area contributed by atoms with Gasteiger partial charge >= 0.3 is 5.69 Å². The largest absolute Gasteiger partial charge is 0.332 e. The number of carbonyl (C=O) groups excluding carboxylic acids is 2. The molecule has 0 spiro atoms. The zero-order chi connectivity index (χ0) is 23.5. The number of hydrogen-bond acceptors (Lipinski definition) is 4. The molecule has 7 nitrogen and oxygen atoms in total. The van der Waals surface area contributed by atoms with E-state index in [9.17, 15) is 19.2 Å². The van der Waals surface area contributed by atoms with E-state index in [-0.39, 0.29) is 18.9 Å². The molecule has 0 fully saturated rings. The summed E-state index contributed by atoms with van der Waals surface area (Å²) in [6.45, 7) is 1.23. The van der Waals surface area contributed by atoms with Crippen LogP contribution in [0.4, 0.5) is 5.69 Å². The van der Waals surface area contributed by atoms with Crippen LogP contribution >= 0.6 is 11.6 Å². The number of rotatable bonds is 6. The van der Waals surface area contributed by atoms with Gasteiger partial charge in [0, 0.05) is 16.3 Å². The minimum atomic E-state index is -0.587. The van der Waals surface area contributed by atoms with E-state index in [2.05, 4.69) is 5.32 Å². The van der Waals surface area contributed by atoms with Crippen LogP contribution in [0.1, 0.15) is 22.8 Å². The minimum Gasteiger partial charge on any atom is -0.325 e. The first-order valence-electron chi connectivity index (χ1n) is 10.2. The Hall–Kier alpha value is -3.97. The number of benzene rings is 3. The molecule has 1 N–H and O–H groups in total. The highest BCUT2D eigenvalue weighted by molar-refractivity contribution is 6.30. The van der Waals surface area contributed by atoms with Crippen LogP contribution in [0.15, 0.2) is 82.4 Å². The molecule has 4 rings (SSSR count). The zero-order valence-electron chi connectivity index (χ0n) is 17.7. The Morgan fingerprint density at radius 1 is 0.879 bits per heavy atom. The van der Waals surface area contributed by atoms with Crippen molar-refractivity contribution in [3.8, 4) is 0 Å². The molecule has 0 bridgehead atoms. The first-order valence-corrected chi connectivity index (χ1v) is 10.6. The van der Waals surface area contributed by atoms with E-state index in [4.69, 9.17) is 11.6 Å². The van der Waals surface area contributed by atoms with Crippen LogP contribution in [0.25, 0.3) is 10.9 Å². The second kappa shape index (κ2) is 9.26. The van der Waals surface area contributed by atoms with Crippen LogP contribution in [-0.2, 0) is 17.9 Å². The molecule has 0 aliphatic rings. The summed E-state index contributed by atoms with van der Waals surface area (Å²) in [5, 5.41) is 3.62. The van der Waals surface area contributed by atoms with Gasteiger partial charge in [0.25, 0.3) is 5.56 Å². The molecule has 33 heavy (non-hydrogen) atoms. The third-order valence-corrected chi connectivity index (χ3v) is 5.52. The Labute approximate surface area is 193 Å². The van der Waals surface area contributed by atoms with Crippen molar-refractivity contribution in [2.75, 3.05) is 5.32 Å². The lowest BCUT2D eigenvalue weighted by atomic mass is 10.1. The molecule has 0 unspecified atom stereocenters. The predicted molar refractivity (Wildman–Crippen MR) is 128 cm³/mol. The number of fused-ring (bicyclic) bond motifs is 1. The first kappa shape index (κ1) is 22.2. The number of hydrogen-bond donors (Lipinski definition) is 1. The summed E-state index contributed by atoms with van der Waals surface area (Å²) < 4.78 is 2.40. The number of para-hydroxylation sites is 1. The maximum absolute atomic E-state index is 13.3. The fourth-order valence-corrected chi connectivity index (χ4v) is 3.69. The number of anilines is 1. The lowest BCUT2D eigenvalue weighted by Crippen LogP contribution is -2.42. The van der Waals surface area contributed by atoms with Gasteiger partial charge in [0.1, 0.15) is 6.54 Å². The second-order valence-electron chi connectivity index (χ2n) is 7.59. The van der Waals surface area contributed by atoms with Gasteiger partial charge in [-0.2, -0.15) is 0 Å². The average molecular weight is 462 g/mol.